The minimum atomic E-state index is -3.92. The summed E-state index contributed by atoms with van der Waals surface area (Å²) in [6.45, 7) is 2.01. The van der Waals surface area contributed by atoms with E-state index in [2.05, 4.69) is 0 Å². The summed E-state index contributed by atoms with van der Waals surface area (Å²) >= 11 is 0. The van der Waals surface area contributed by atoms with Gasteiger partial charge in [-0.05, 0) is 61.2 Å². The molecule has 0 aliphatic carbocycles. The van der Waals surface area contributed by atoms with Gasteiger partial charge in [0.15, 0.2) is 0 Å². The highest BCUT2D eigenvalue weighted by atomic mass is 32.2. The third kappa shape index (κ3) is 12.7. The lowest BCUT2D eigenvalue weighted by molar-refractivity contribution is 0.279. The highest BCUT2D eigenvalue weighted by Crippen LogP contribution is 2.14. The molecule has 150 valence electrons. The Kier molecular flexibility index (Phi) is 10.2. The molecule has 27 heavy (non-hydrogen) atoms. The summed E-state index contributed by atoms with van der Waals surface area (Å²) in [7, 11) is -3.92. The van der Waals surface area contributed by atoms with Crippen LogP contribution in [0.3, 0.4) is 0 Å². The van der Waals surface area contributed by atoms with Crippen LogP contribution < -0.4 is 20.9 Å². The lowest BCUT2D eigenvalue weighted by Gasteiger charge is -2.08. The Balaban J connectivity index is 0.000000646. The van der Waals surface area contributed by atoms with Gasteiger partial charge in [0.05, 0.1) is 23.3 Å². The average Bonchev–Trinajstić information content (AvgIpc) is 2.61. The zero-order valence-electron chi connectivity index (χ0n) is 15.5. The van der Waals surface area contributed by atoms with Gasteiger partial charge < -0.3 is 25.5 Å². The first-order valence-corrected chi connectivity index (χ1v) is 10.4. The number of hydrogen-bond donors (Lipinski definition) is 2. The van der Waals surface area contributed by atoms with E-state index in [4.69, 9.17) is 33.9 Å². The monoisotopic (exact) mass is 395 g/mol. The molecular weight excluding hydrogens is 368 g/mol. The van der Waals surface area contributed by atoms with Gasteiger partial charge in [-0.3, -0.25) is 0 Å². The minimum Gasteiger partial charge on any atom is -0.748 e. The van der Waals surface area contributed by atoms with Crippen LogP contribution in [0, 0.1) is 0 Å². The molecule has 0 bridgehead atoms. The van der Waals surface area contributed by atoms with Gasteiger partial charge in [-0.1, -0.05) is 12.1 Å². The third-order valence-electron chi connectivity index (χ3n) is 3.37. The van der Waals surface area contributed by atoms with E-state index in [0.29, 0.717) is 12.8 Å². The molecule has 2 rings (SSSR count). The van der Waals surface area contributed by atoms with Crippen LogP contribution in [0.1, 0.15) is 24.8 Å². The fraction of sp³-hybridized carbons (Fsp3) is 0.368. The molecule has 2 aromatic rings. The molecule has 2 aromatic carbocycles. The van der Waals surface area contributed by atoms with Gasteiger partial charge in [-0.25, -0.2) is 8.42 Å². The van der Waals surface area contributed by atoms with Gasteiger partial charge in [0.1, 0.15) is 11.5 Å². The average molecular weight is 396 g/mol. The molecule has 0 saturated carbocycles. The van der Waals surface area contributed by atoms with E-state index in [9.17, 15) is 0 Å². The van der Waals surface area contributed by atoms with Crippen LogP contribution in [0.15, 0.2) is 48.5 Å². The van der Waals surface area contributed by atoms with Crippen LogP contribution in [0.4, 0.5) is 5.69 Å². The number of ether oxygens (including phenoxy) is 2. The molecule has 0 spiro atoms. The first-order valence-electron chi connectivity index (χ1n) is 8.59. The minimum absolute atomic E-state index is 0.564. The standard InChI is InChI=1S/C18H24N2O2.CH4O3S/c19-14-15-4-8-17(9-5-15)21-12-2-1-3-13-22-18-10-6-16(20)7-11-18;1-5(2,3)4/h4-11H,1-3,12-14,19-20H2;1H3,(H,2,3,4)/p-1. The van der Waals surface area contributed by atoms with Gasteiger partial charge in [0.2, 0.25) is 0 Å². The second-order valence-corrected chi connectivity index (χ2v) is 7.29. The summed E-state index contributed by atoms with van der Waals surface area (Å²) in [5.74, 6) is 1.76. The molecular formula is C19H27N2O5S-. The Bertz CT molecular complexity index is 739. The number of benzene rings is 2. The fourth-order valence-electron chi connectivity index (χ4n) is 2.05. The van der Waals surface area contributed by atoms with Crippen molar-refractivity contribution >= 4 is 15.8 Å². The summed E-state index contributed by atoms with van der Waals surface area (Å²) in [4.78, 5) is 0. The first-order chi connectivity index (χ1) is 12.8. The molecule has 0 aromatic heterocycles. The van der Waals surface area contributed by atoms with Crippen LogP contribution in [-0.2, 0) is 16.7 Å². The van der Waals surface area contributed by atoms with Gasteiger partial charge >= 0.3 is 0 Å². The normalized spacial score (nSPS) is 10.6. The quantitative estimate of drug-likeness (QED) is 0.379. The maximum absolute atomic E-state index is 9.08. The maximum atomic E-state index is 9.08. The topological polar surface area (TPSA) is 128 Å². The number of rotatable bonds is 9. The molecule has 4 N–H and O–H groups in total. The van der Waals surface area contributed by atoms with Gasteiger partial charge in [-0.2, -0.15) is 0 Å². The van der Waals surface area contributed by atoms with Crippen molar-refractivity contribution in [1.29, 1.82) is 0 Å². The molecule has 0 atom stereocenters. The largest absolute Gasteiger partial charge is 0.748 e. The number of nitrogen functional groups attached to an aromatic ring is 1. The van der Waals surface area contributed by atoms with Crippen molar-refractivity contribution in [1.82, 2.24) is 0 Å². The van der Waals surface area contributed by atoms with Crippen molar-refractivity contribution in [3.8, 4) is 11.5 Å². The predicted molar refractivity (Wildman–Crippen MR) is 106 cm³/mol. The van der Waals surface area contributed by atoms with Gasteiger partial charge in [0.25, 0.3) is 0 Å². The Hall–Kier alpha value is -2.29. The highest BCUT2D eigenvalue weighted by Gasteiger charge is 1.96. The second-order valence-electron chi connectivity index (χ2n) is 5.88. The van der Waals surface area contributed by atoms with Crippen LogP contribution in [-0.4, -0.2) is 32.4 Å². The first kappa shape index (κ1) is 22.8. The van der Waals surface area contributed by atoms with E-state index in [0.717, 1.165) is 55.2 Å². The van der Waals surface area contributed by atoms with Crippen LogP contribution in [0.2, 0.25) is 0 Å². The van der Waals surface area contributed by atoms with Crippen LogP contribution >= 0.6 is 0 Å². The van der Waals surface area contributed by atoms with Crippen LogP contribution in [0.5, 0.6) is 11.5 Å². The lowest BCUT2D eigenvalue weighted by Crippen LogP contribution is -2.01. The molecule has 0 aliphatic heterocycles. The highest BCUT2D eigenvalue weighted by molar-refractivity contribution is 7.84. The van der Waals surface area contributed by atoms with Gasteiger partial charge in [0, 0.05) is 18.5 Å². The maximum Gasteiger partial charge on any atom is 0.119 e. The summed E-state index contributed by atoms with van der Waals surface area (Å²) in [6.07, 6.45) is 3.71. The number of unbranched alkanes of at least 4 members (excludes halogenated alkanes) is 2. The molecule has 8 heteroatoms. The molecule has 0 heterocycles. The fourth-order valence-corrected chi connectivity index (χ4v) is 2.05. The van der Waals surface area contributed by atoms with E-state index in [1.165, 1.54) is 0 Å². The van der Waals surface area contributed by atoms with Crippen molar-refractivity contribution < 1.29 is 22.4 Å². The Morgan fingerprint density at radius 2 is 1.26 bits per heavy atom. The Morgan fingerprint density at radius 1 is 0.852 bits per heavy atom. The number of anilines is 1. The Morgan fingerprint density at radius 3 is 1.67 bits per heavy atom. The van der Waals surface area contributed by atoms with E-state index in [1.807, 2.05) is 48.5 Å². The van der Waals surface area contributed by atoms with Crippen molar-refractivity contribution in [3.05, 3.63) is 54.1 Å². The summed E-state index contributed by atoms with van der Waals surface area (Å²) in [6, 6.07) is 15.4. The zero-order valence-corrected chi connectivity index (χ0v) is 16.3. The Labute approximate surface area is 161 Å². The molecule has 0 fully saturated rings. The lowest BCUT2D eigenvalue weighted by atomic mass is 10.2. The van der Waals surface area contributed by atoms with E-state index in [1.54, 1.807) is 0 Å². The van der Waals surface area contributed by atoms with Crippen molar-refractivity contribution in [2.24, 2.45) is 5.73 Å². The zero-order chi connectivity index (χ0) is 20.1. The number of nitrogens with two attached hydrogens (primary N) is 2. The van der Waals surface area contributed by atoms with Crippen LogP contribution in [0.25, 0.3) is 0 Å². The summed E-state index contributed by atoms with van der Waals surface area (Å²) < 4.78 is 38.6. The van der Waals surface area contributed by atoms with Gasteiger partial charge in [-0.15, -0.1) is 0 Å². The van der Waals surface area contributed by atoms with Crippen molar-refractivity contribution in [2.45, 2.75) is 25.8 Å². The van der Waals surface area contributed by atoms with Crippen molar-refractivity contribution in [3.63, 3.8) is 0 Å². The summed E-state index contributed by atoms with van der Waals surface area (Å²) in [5, 5.41) is 0. The molecule has 0 saturated heterocycles. The van der Waals surface area contributed by atoms with E-state index in [-0.39, 0.29) is 0 Å². The second kappa shape index (κ2) is 12.2. The third-order valence-corrected chi connectivity index (χ3v) is 3.37. The van der Waals surface area contributed by atoms with Crippen molar-refractivity contribution in [2.75, 3.05) is 25.2 Å². The van der Waals surface area contributed by atoms with E-state index < -0.39 is 10.1 Å². The number of hydrogen-bond acceptors (Lipinski definition) is 7. The molecule has 0 radical (unpaired) electrons. The SMILES string of the molecule is CS(=O)(=O)[O-].NCc1ccc(OCCCCCOc2ccc(N)cc2)cc1. The predicted octanol–water partition coefficient (Wildman–Crippen LogP) is 2.52. The summed E-state index contributed by atoms with van der Waals surface area (Å²) in [5.41, 5.74) is 13.1. The molecule has 0 amide bonds. The molecule has 0 unspecified atom stereocenters. The molecule has 7 nitrogen and oxygen atoms in total. The smallest absolute Gasteiger partial charge is 0.119 e. The molecule has 0 aliphatic rings. The van der Waals surface area contributed by atoms with E-state index >= 15 is 0 Å².